The summed E-state index contributed by atoms with van der Waals surface area (Å²) in [6.45, 7) is 0. The zero-order valence-electron chi connectivity index (χ0n) is 26.4. The molecule has 2 heteroatoms. The molecule has 0 radical (unpaired) electrons. The maximum atomic E-state index is 2.42. The van der Waals surface area contributed by atoms with Gasteiger partial charge in [-0.05, 0) is 87.6 Å². The summed E-state index contributed by atoms with van der Waals surface area (Å²) in [5.74, 6) is 0. The Kier molecular flexibility index (Phi) is 6.84. The molecule has 0 fully saturated rings. The van der Waals surface area contributed by atoms with E-state index in [1.165, 1.54) is 54.8 Å². The average Bonchev–Trinajstić information content (AvgIpc) is 3.51. The Morgan fingerprint density at radius 3 is 1.79 bits per heavy atom. The van der Waals surface area contributed by atoms with E-state index in [0.29, 0.717) is 0 Å². The third kappa shape index (κ3) is 4.74. The summed E-state index contributed by atoms with van der Waals surface area (Å²) in [6.07, 6.45) is 0. The molecule has 9 rings (SSSR count). The highest BCUT2D eigenvalue weighted by Gasteiger charge is 2.21. The van der Waals surface area contributed by atoms with E-state index < -0.39 is 0 Å². The number of aromatic nitrogens is 1. The van der Waals surface area contributed by atoms with Gasteiger partial charge in [0, 0.05) is 27.8 Å². The van der Waals surface area contributed by atoms with E-state index in [2.05, 4.69) is 204 Å². The Hall–Kier alpha value is -6.38. The van der Waals surface area contributed by atoms with Gasteiger partial charge in [-0.2, -0.15) is 0 Å². The number of anilines is 3. The average molecular weight is 613 g/mol. The standard InChI is InChI=1S/C46H32N2/c1-3-14-33(15-4-1)34-28-30-38(31-29-34)47(37-19-5-2-6-20-37)44-26-13-27-45-46(44)42-23-9-10-25-43(42)48(45)39-21-11-18-36(32-39)41-24-12-17-35-16-7-8-22-40(35)41/h1-32H. The number of nitrogens with zero attached hydrogens (tertiary/aromatic N) is 2. The lowest BCUT2D eigenvalue weighted by Gasteiger charge is -2.26. The van der Waals surface area contributed by atoms with Crippen molar-refractivity contribution in [2.45, 2.75) is 0 Å². The van der Waals surface area contributed by atoms with Gasteiger partial charge >= 0.3 is 0 Å². The van der Waals surface area contributed by atoms with E-state index in [1.54, 1.807) is 0 Å². The molecule has 0 saturated heterocycles. The van der Waals surface area contributed by atoms with Gasteiger partial charge in [0.25, 0.3) is 0 Å². The summed E-state index contributed by atoms with van der Waals surface area (Å²) < 4.78 is 2.42. The first-order chi connectivity index (χ1) is 23.8. The van der Waals surface area contributed by atoms with Crippen LogP contribution in [0.2, 0.25) is 0 Å². The molecule has 48 heavy (non-hydrogen) atoms. The lowest BCUT2D eigenvalue weighted by Crippen LogP contribution is -2.10. The minimum absolute atomic E-state index is 1.11. The predicted octanol–water partition coefficient (Wildman–Crippen LogP) is 12.7. The van der Waals surface area contributed by atoms with Crippen LogP contribution in [0.15, 0.2) is 194 Å². The van der Waals surface area contributed by atoms with Crippen molar-refractivity contribution >= 4 is 49.6 Å². The smallest absolute Gasteiger partial charge is 0.0562 e. The molecule has 0 spiro atoms. The minimum Gasteiger partial charge on any atom is -0.310 e. The summed E-state index contributed by atoms with van der Waals surface area (Å²) in [7, 11) is 0. The molecule has 0 N–H and O–H groups in total. The van der Waals surface area contributed by atoms with E-state index in [9.17, 15) is 0 Å². The lowest BCUT2D eigenvalue weighted by atomic mass is 9.98. The van der Waals surface area contributed by atoms with Crippen LogP contribution in [0.1, 0.15) is 0 Å². The van der Waals surface area contributed by atoms with Crippen LogP contribution in [-0.2, 0) is 0 Å². The molecular formula is C46H32N2. The molecule has 226 valence electrons. The van der Waals surface area contributed by atoms with Crippen LogP contribution >= 0.6 is 0 Å². The zero-order chi connectivity index (χ0) is 31.9. The predicted molar refractivity (Wildman–Crippen MR) is 204 cm³/mol. The summed E-state index contributed by atoms with van der Waals surface area (Å²) in [4.78, 5) is 2.39. The molecule has 1 aromatic heterocycles. The molecule has 1 heterocycles. The maximum Gasteiger partial charge on any atom is 0.0562 e. The Labute approximate surface area is 280 Å². The van der Waals surface area contributed by atoms with E-state index in [-0.39, 0.29) is 0 Å². The van der Waals surface area contributed by atoms with Crippen molar-refractivity contribution in [2.24, 2.45) is 0 Å². The monoisotopic (exact) mass is 612 g/mol. The van der Waals surface area contributed by atoms with Crippen LogP contribution in [0.25, 0.3) is 60.5 Å². The van der Waals surface area contributed by atoms with Crippen molar-refractivity contribution in [3.63, 3.8) is 0 Å². The quantitative estimate of drug-likeness (QED) is 0.181. The van der Waals surface area contributed by atoms with E-state index >= 15 is 0 Å². The summed E-state index contributed by atoms with van der Waals surface area (Å²) in [5.41, 5.74) is 11.7. The second-order valence-electron chi connectivity index (χ2n) is 12.2. The van der Waals surface area contributed by atoms with Gasteiger partial charge < -0.3 is 9.47 Å². The molecule has 0 saturated carbocycles. The Morgan fingerprint density at radius 1 is 0.375 bits per heavy atom. The minimum atomic E-state index is 1.11. The van der Waals surface area contributed by atoms with Crippen molar-refractivity contribution in [1.82, 2.24) is 4.57 Å². The topological polar surface area (TPSA) is 8.17 Å². The van der Waals surface area contributed by atoms with Gasteiger partial charge in [-0.15, -0.1) is 0 Å². The summed E-state index contributed by atoms with van der Waals surface area (Å²) >= 11 is 0. The van der Waals surface area contributed by atoms with Crippen molar-refractivity contribution in [3.8, 4) is 27.9 Å². The van der Waals surface area contributed by atoms with Crippen LogP contribution in [0.5, 0.6) is 0 Å². The summed E-state index contributed by atoms with van der Waals surface area (Å²) in [6, 6.07) is 69.8. The fourth-order valence-corrected chi connectivity index (χ4v) is 7.19. The first-order valence-electron chi connectivity index (χ1n) is 16.4. The highest BCUT2D eigenvalue weighted by Crippen LogP contribution is 2.44. The van der Waals surface area contributed by atoms with E-state index in [0.717, 1.165) is 22.7 Å². The first kappa shape index (κ1) is 27.9. The SMILES string of the molecule is c1ccc(-c2ccc(N(c3ccccc3)c3cccc4c3c3ccccc3n4-c3cccc(-c4cccc5ccccc45)c3)cc2)cc1. The Morgan fingerprint density at radius 2 is 0.958 bits per heavy atom. The molecule has 2 nitrogen and oxygen atoms in total. The second-order valence-corrected chi connectivity index (χ2v) is 12.2. The van der Waals surface area contributed by atoms with Gasteiger partial charge in [-0.3, -0.25) is 0 Å². The number of benzene rings is 8. The van der Waals surface area contributed by atoms with Crippen LogP contribution < -0.4 is 4.90 Å². The third-order valence-corrected chi connectivity index (χ3v) is 9.37. The van der Waals surface area contributed by atoms with Crippen LogP contribution in [0, 0.1) is 0 Å². The van der Waals surface area contributed by atoms with Crippen LogP contribution in [0.4, 0.5) is 17.1 Å². The molecule has 0 aliphatic carbocycles. The molecule has 0 amide bonds. The molecule has 0 unspecified atom stereocenters. The van der Waals surface area contributed by atoms with Crippen molar-refractivity contribution < 1.29 is 0 Å². The number of rotatable bonds is 6. The van der Waals surface area contributed by atoms with Gasteiger partial charge in [0.15, 0.2) is 0 Å². The third-order valence-electron chi connectivity index (χ3n) is 9.37. The highest BCUT2D eigenvalue weighted by molar-refractivity contribution is 6.16. The number of hydrogen-bond donors (Lipinski definition) is 0. The fraction of sp³-hybridized carbons (Fsp3) is 0. The van der Waals surface area contributed by atoms with Crippen molar-refractivity contribution in [2.75, 3.05) is 4.90 Å². The van der Waals surface area contributed by atoms with Crippen molar-refractivity contribution in [1.29, 1.82) is 0 Å². The molecule has 8 aromatic carbocycles. The van der Waals surface area contributed by atoms with Gasteiger partial charge in [0.05, 0.1) is 16.7 Å². The van der Waals surface area contributed by atoms with Crippen molar-refractivity contribution in [3.05, 3.63) is 194 Å². The molecular weight excluding hydrogens is 581 g/mol. The van der Waals surface area contributed by atoms with Crippen LogP contribution in [-0.4, -0.2) is 4.57 Å². The highest BCUT2D eigenvalue weighted by atomic mass is 15.1. The van der Waals surface area contributed by atoms with E-state index in [4.69, 9.17) is 0 Å². The molecule has 0 aliphatic heterocycles. The fourth-order valence-electron chi connectivity index (χ4n) is 7.19. The van der Waals surface area contributed by atoms with Gasteiger partial charge in [0.1, 0.15) is 0 Å². The summed E-state index contributed by atoms with van der Waals surface area (Å²) in [5, 5.41) is 4.96. The largest absolute Gasteiger partial charge is 0.310 e. The number of fused-ring (bicyclic) bond motifs is 4. The Bertz CT molecular complexity index is 2540. The van der Waals surface area contributed by atoms with Gasteiger partial charge in [0.2, 0.25) is 0 Å². The molecule has 0 atom stereocenters. The van der Waals surface area contributed by atoms with E-state index in [1.807, 2.05) is 0 Å². The molecule has 0 bridgehead atoms. The number of hydrogen-bond acceptors (Lipinski definition) is 1. The zero-order valence-corrected chi connectivity index (χ0v) is 26.4. The molecule has 0 aliphatic rings. The van der Waals surface area contributed by atoms with Crippen LogP contribution in [0.3, 0.4) is 0 Å². The molecule has 9 aromatic rings. The first-order valence-corrected chi connectivity index (χ1v) is 16.4. The lowest BCUT2D eigenvalue weighted by molar-refractivity contribution is 1.18. The van der Waals surface area contributed by atoms with Gasteiger partial charge in [-0.25, -0.2) is 0 Å². The number of para-hydroxylation sites is 2. The second kappa shape index (κ2) is 11.8. The normalized spacial score (nSPS) is 11.3. The Balaban J connectivity index is 1.25. The van der Waals surface area contributed by atoms with Gasteiger partial charge in [-0.1, -0.05) is 140 Å². The maximum absolute atomic E-state index is 2.42.